The molecule has 0 bridgehead atoms. The molecular formula is C22H21N3O3. The smallest absolute Gasteiger partial charge is 0.254 e. The fourth-order valence-electron chi connectivity index (χ4n) is 3.69. The SMILES string of the molecule is O=C(Nc1ccccc1)[C@@H]1CCCN(C(=O)c2cc(=O)[nH]c3ccccc23)C1. The molecule has 1 aromatic heterocycles. The van der Waals surface area contributed by atoms with E-state index in [9.17, 15) is 14.4 Å². The van der Waals surface area contributed by atoms with Crippen molar-refractivity contribution in [1.82, 2.24) is 9.88 Å². The predicted molar refractivity (Wildman–Crippen MR) is 108 cm³/mol. The van der Waals surface area contributed by atoms with Crippen LogP contribution in [0.4, 0.5) is 5.69 Å². The van der Waals surface area contributed by atoms with Crippen LogP contribution in [0.5, 0.6) is 0 Å². The molecule has 1 saturated heterocycles. The molecule has 4 rings (SSSR count). The lowest BCUT2D eigenvalue weighted by atomic mass is 9.96. The van der Waals surface area contributed by atoms with Crippen molar-refractivity contribution in [3.05, 3.63) is 76.6 Å². The third kappa shape index (κ3) is 3.67. The van der Waals surface area contributed by atoms with Gasteiger partial charge >= 0.3 is 0 Å². The fraction of sp³-hybridized carbons (Fsp3) is 0.227. The molecule has 1 fully saturated rings. The number of amides is 2. The normalized spacial score (nSPS) is 16.7. The number of rotatable bonds is 3. The standard InChI is InChI=1S/C22H21N3O3/c26-20-13-18(17-10-4-5-11-19(17)24-20)22(28)25-12-6-7-15(14-25)21(27)23-16-8-2-1-3-9-16/h1-5,8-11,13,15H,6-7,12,14H2,(H,23,27)(H,24,26)/t15-/m1/s1. The van der Waals surface area contributed by atoms with E-state index in [4.69, 9.17) is 0 Å². The number of anilines is 1. The van der Waals surface area contributed by atoms with E-state index in [1.807, 2.05) is 48.5 Å². The van der Waals surface area contributed by atoms with Crippen molar-refractivity contribution in [2.45, 2.75) is 12.8 Å². The van der Waals surface area contributed by atoms with E-state index in [1.54, 1.807) is 11.0 Å². The Kier molecular flexibility index (Phi) is 4.93. The molecule has 28 heavy (non-hydrogen) atoms. The lowest BCUT2D eigenvalue weighted by Gasteiger charge is -2.32. The zero-order valence-corrected chi connectivity index (χ0v) is 15.4. The van der Waals surface area contributed by atoms with Gasteiger partial charge in [-0.25, -0.2) is 0 Å². The predicted octanol–water partition coefficient (Wildman–Crippen LogP) is 3.02. The number of aromatic nitrogens is 1. The molecule has 0 unspecified atom stereocenters. The molecule has 0 radical (unpaired) electrons. The molecule has 1 aliphatic rings. The second kappa shape index (κ2) is 7.68. The van der Waals surface area contributed by atoms with Crippen LogP contribution < -0.4 is 10.9 Å². The van der Waals surface area contributed by atoms with Crippen LogP contribution >= 0.6 is 0 Å². The van der Waals surface area contributed by atoms with Crippen LogP contribution in [0, 0.1) is 5.92 Å². The van der Waals surface area contributed by atoms with Crippen LogP contribution in [0.25, 0.3) is 10.9 Å². The Bertz CT molecular complexity index is 1080. The highest BCUT2D eigenvalue weighted by atomic mass is 16.2. The summed E-state index contributed by atoms with van der Waals surface area (Å²) in [6, 6.07) is 17.9. The van der Waals surface area contributed by atoms with Crippen molar-refractivity contribution >= 4 is 28.4 Å². The van der Waals surface area contributed by atoms with Gasteiger partial charge in [0.2, 0.25) is 11.5 Å². The van der Waals surface area contributed by atoms with Gasteiger partial charge in [-0.3, -0.25) is 14.4 Å². The summed E-state index contributed by atoms with van der Waals surface area (Å²) in [7, 11) is 0. The largest absolute Gasteiger partial charge is 0.338 e. The number of pyridine rings is 1. The summed E-state index contributed by atoms with van der Waals surface area (Å²) in [5, 5.41) is 3.63. The monoisotopic (exact) mass is 375 g/mol. The minimum absolute atomic E-state index is 0.0838. The number of benzene rings is 2. The first-order chi connectivity index (χ1) is 13.6. The number of aromatic amines is 1. The summed E-state index contributed by atoms with van der Waals surface area (Å²) in [5.74, 6) is -0.565. The molecule has 3 aromatic rings. The lowest BCUT2D eigenvalue weighted by Crippen LogP contribution is -2.44. The van der Waals surface area contributed by atoms with Gasteiger partial charge in [-0.2, -0.15) is 0 Å². The number of carbonyl (C=O) groups is 2. The second-order valence-corrected chi connectivity index (χ2v) is 7.04. The highest BCUT2D eigenvalue weighted by Gasteiger charge is 2.29. The zero-order valence-electron chi connectivity index (χ0n) is 15.4. The van der Waals surface area contributed by atoms with Crippen LogP contribution in [0.2, 0.25) is 0 Å². The van der Waals surface area contributed by atoms with Gasteiger partial charge < -0.3 is 15.2 Å². The number of hydrogen-bond donors (Lipinski definition) is 2. The molecule has 2 amide bonds. The molecule has 6 heteroatoms. The van der Waals surface area contributed by atoms with Crippen LogP contribution in [-0.2, 0) is 4.79 Å². The molecule has 1 atom stereocenters. The van der Waals surface area contributed by atoms with Gasteiger partial charge in [-0.1, -0.05) is 36.4 Å². The molecule has 0 spiro atoms. The minimum atomic E-state index is -0.308. The van der Waals surface area contributed by atoms with Gasteiger partial charge in [0.05, 0.1) is 11.5 Å². The van der Waals surface area contributed by atoms with Crippen molar-refractivity contribution in [1.29, 1.82) is 0 Å². The maximum Gasteiger partial charge on any atom is 0.254 e. The zero-order chi connectivity index (χ0) is 19.5. The van der Waals surface area contributed by atoms with Crippen LogP contribution in [0.1, 0.15) is 23.2 Å². The van der Waals surface area contributed by atoms with E-state index in [0.29, 0.717) is 29.6 Å². The highest BCUT2D eigenvalue weighted by Crippen LogP contribution is 2.23. The van der Waals surface area contributed by atoms with E-state index >= 15 is 0 Å². The maximum atomic E-state index is 13.1. The first kappa shape index (κ1) is 18.0. The Morgan fingerprint density at radius 2 is 1.79 bits per heavy atom. The fourth-order valence-corrected chi connectivity index (χ4v) is 3.69. The average Bonchev–Trinajstić information content (AvgIpc) is 2.73. The number of H-pyrrole nitrogens is 1. The number of carbonyl (C=O) groups excluding carboxylic acids is 2. The third-order valence-electron chi connectivity index (χ3n) is 5.10. The third-order valence-corrected chi connectivity index (χ3v) is 5.10. The molecule has 2 heterocycles. The van der Waals surface area contributed by atoms with E-state index in [0.717, 1.165) is 18.5 Å². The number of likely N-dealkylation sites (tertiary alicyclic amines) is 1. The number of nitrogens with zero attached hydrogens (tertiary/aromatic N) is 1. The molecule has 142 valence electrons. The van der Waals surface area contributed by atoms with Crippen LogP contribution in [-0.4, -0.2) is 34.8 Å². The van der Waals surface area contributed by atoms with Crippen molar-refractivity contribution in [2.75, 3.05) is 18.4 Å². The molecule has 2 aromatic carbocycles. The van der Waals surface area contributed by atoms with Gasteiger partial charge in [0.1, 0.15) is 0 Å². The van der Waals surface area contributed by atoms with Gasteiger partial charge in [0.25, 0.3) is 5.91 Å². The second-order valence-electron chi connectivity index (χ2n) is 7.04. The summed E-state index contributed by atoms with van der Waals surface area (Å²) in [6.07, 6.45) is 1.48. The highest BCUT2D eigenvalue weighted by molar-refractivity contribution is 6.06. The number of nitrogens with one attached hydrogen (secondary N) is 2. The van der Waals surface area contributed by atoms with Crippen molar-refractivity contribution in [3.8, 4) is 0 Å². The molecule has 0 aliphatic carbocycles. The molecule has 0 saturated carbocycles. The molecule has 2 N–H and O–H groups in total. The number of para-hydroxylation sites is 2. The first-order valence-corrected chi connectivity index (χ1v) is 9.39. The van der Waals surface area contributed by atoms with Crippen molar-refractivity contribution in [3.63, 3.8) is 0 Å². The van der Waals surface area contributed by atoms with Crippen molar-refractivity contribution in [2.24, 2.45) is 5.92 Å². The van der Waals surface area contributed by atoms with Crippen LogP contribution in [0.15, 0.2) is 65.5 Å². The van der Waals surface area contributed by atoms with E-state index in [-0.39, 0.29) is 23.3 Å². The Hall–Kier alpha value is -3.41. The Labute approximate surface area is 162 Å². The number of piperidine rings is 1. The van der Waals surface area contributed by atoms with Gasteiger partial charge in [0.15, 0.2) is 0 Å². The number of fused-ring (bicyclic) bond motifs is 1. The van der Waals surface area contributed by atoms with Gasteiger partial charge in [0, 0.05) is 35.7 Å². The van der Waals surface area contributed by atoms with Gasteiger partial charge in [-0.05, 0) is 31.0 Å². The Morgan fingerprint density at radius 3 is 2.61 bits per heavy atom. The van der Waals surface area contributed by atoms with E-state index in [2.05, 4.69) is 10.3 Å². The van der Waals surface area contributed by atoms with Gasteiger partial charge in [-0.15, -0.1) is 0 Å². The quantitative estimate of drug-likeness (QED) is 0.738. The summed E-state index contributed by atoms with van der Waals surface area (Å²) in [6.45, 7) is 0.924. The molecule has 6 nitrogen and oxygen atoms in total. The summed E-state index contributed by atoms with van der Waals surface area (Å²) in [4.78, 5) is 42.2. The summed E-state index contributed by atoms with van der Waals surface area (Å²) < 4.78 is 0. The summed E-state index contributed by atoms with van der Waals surface area (Å²) in [5.41, 5.74) is 1.45. The minimum Gasteiger partial charge on any atom is -0.338 e. The van der Waals surface area contributed by atoms with Crippen molar-refractivity contribution < 1.29 is 9.59 Å². The maximum absolute atomic E-state index is 13.1. The topological polar surface area (TPSA) is 82.3 Å². The first-order valence-electron chi connectivity index (χ1n) is 9.39. The molecule has 1 aliphatic heterocycles. The Morgan fingerprint density at radius 1 is 1.04 bits per heavy atom. The molecular weight excluding hydrogens is 354 g/mol. The summed E-state index contributed by atoms with van der Waals surface area (Å²) >= 11 is 0. The van der Waals surface area contributed by atoms with Crippen LogP contribution in [0.3, 0.4) is 0 Å². The van der Waals surface area contributed by atoms with E-state index < -0.39 is 0 Å². The Balaban J connectivity index is 1.54. The number of hydrogen-bond acceptors (Lipinski definition) is 3. The van der Waals surface area contributed by atoms with E-state index in [1.165, 1.54) is 6.07 Å². The lowest BCUT2D eigenvalue weighted by molar-refractivity contribution is -0.121. The average molecular weight is 375 g/mol.